The Morgan fingerprint density at radius 2 is 2.21 bits per heavy atom. The van der Waals surface area contributed by atoms with Gasteiger partial charge < -0.3 is 11.1 Å². The zero-order valence-electron chi connectivity index (χ0n) is 10.9. The molecular formula is C15H16N4. The van der Waals surface area contributed by atoms with Crippen molar-refractivity contribution in [1.82, 2.24) is 4.98 Å². The number of anilines is 2. The molecule has 4 nitrogen and oxygen atoms in total. The van der Waals surface area contributed by atoms with Crippen molar-refractivity contribution >= 4 is 11.4 Å². The molecule has 1 heterocycles. The highest BCUT2D eigenvalue weighted by Gasteiger charge is 2.05. The fraction of sp³-hybridized carbons (Fsp3) is 0.200. The van der Waals surface area contributed by atoms with E-state index >= 15 is 0 Å². The van der Waals surface area contributed by atoms with Gasteiger partial charge in [-0.1, -0.05) is 13.0 Å². The molecule has 0 spiro atoms. The van der Waals surface area contributed by atoms with Crippen LogP contribution in [0.2, 0.25) is 0 Å². The molecule has 19 heavy (non-hydrogen) atoms. The van der Waals surface area contributed by atoms with Crippen LogP contribution >= 0.6 is 0 Å². The fourth-order valence-electron chi connectivity index (χ4n) is 1.94. The first-order valence-corrected chi connectivity index (χ1v) is 6.21. The van der Waals surface area contributed by atoms with Gasteiger partial charge in [0.05, 0.1) is 23.5 Å². The minimum Gasteiger partial charge on any atom is -0.399 e. The number of nitriles is 1. The molecule has 4 heteroatoms. The second-order valence-electron chi connectivity index (χ2n) is 4.23. The Bertz CT molecular complexity index is 614. The molecule has 3 N–H and O–H groups in total. The summed E-state index contributed by atoms with van der Waals surface area (Å²) in [6.45, 7) is 2.70. The topological polar surface area (TPSA) is 74.7 Å². The van der Waals surface area contributed by atoms with Crippen molar-refractivity contribution < 1.29 is 0 Å². The van der Waals surface area contributed by atoms with Crippen molar-refractivity contribution in [2.45, 2.75) is 19.9 Å². The van der Waals surface area contributed by atoms with Gasteiger partial charge in [0.1, 0.15) is 6.07 Å². The monoisotopic (exact) mass is 252 g/mol. The highest BCUT2D eigenvalue weighted by atomic mass is 14.9. The first-order chi connectivity index (χ1) is 9.24. The molecule has 0 saturated heterocycles. The summed E-state index contributed by atoms with van der Waals surface area (Å²) in [4.78, 5) is 4.37. The highest BCUT2D eigenvalue weighted by Crippen LogP contribution is 2.19. The predicted molar refractivity (Wildman–Crippen MR) is 76.5 cm³/mol. The minimum atomic E-state index is 0.550. The number of hydrogen-bond acceptors (Lipinski definition) is 4. The average molecular weight is 252 g/mol. The minimum absolute atomic E-state index is 0.550. The maximum Gasteiger partial charge on any atom is 0.101 e. The van der Waals surface area contributed by atoms with Crippen LogP contribution in [0.25, 0.3) is 0 Å². The van der Waals surface area contributed by atoms with E-state index in [1.54, 1.807) is 18.3 Å². The summed E-state index contributed by atoms with van der Waals surface area (Å²) in [5, 5.41) is 12.3. The van der Waals surface area contributed by atoms with Crippen LogP contribution in [0.1, 0.15) is 23.7 Å². The fourth-order valence-corrected chi connectivity index (χ4v) is 1.94. The third kappa shape index (κ3) is 3.02. The van der Waals surface area contributed by atoms with Crippen molar-refractivity contribution in [1.29, 1.82) is 5.26 Å². The average Bonchev–Trinajstić information content (AvgIpc) is 2.46. The van der Waals surface area contributed by atoms with Crippen LogP contribution in [0.3, 0.4) is 0 Å². The van der Waals surface area contributed by atoms with Crippen molar-refractivity contribution in [3.05, 3.63) is 53.3 Å². The van der Waals surface area contributed by atoms with Gasteiger partial charge >= 0.3 is 0 Å². The molecule has 0 aliphatic carbocycles. The molecule has 0 bridgehead atoms. The van der Waals surface area contributed by atoms with E-state index in [0.29, 0.717) is 17.8 Å². The molecule has 2 aromatic rings. The molecule has 2 rings (SSSR count). The summed E-state index contributed by atoms with van der Waals surface area (Å²) >= 11 is 0. The summed E-state index contributed by atoms with van der Waals surface area (Å²) in [5.41, 5.74) is 9.81. The van der Waals surface area contributed by atoms with Gasteiger partial charge in [-0.3, -0.25) is 4.98 Å². The third-order valence-electron chi connectivity index (χ3n) is 2.98. The largest absolute Gasteiger partial charge is 0.399 e. The van der Waals surface area contributed by atoms with E-state index in [1.165, 1.54) is 5.56 Å². The number of rotatable bonds is 4. The molecule has 1 aromatic heterocycles. The van der Waals surface area contributed by atoms with Gasteiger partial charge in [0.2, 0.25) is 0 Å². The normalized spacial score (nSPS) is 9.89. The number of pyridine rings is 1. The van der Waals surface area contributed by atoms with E-state index in [1.807, 2.05) is 12.1 Å². The molecule has 0 aliphatic rings. The van der Waals surface area contributed by atoms with Crippen LogP contribution in [0.5, 0.6) is 0 Å². The van der Waals surface area contributed by atoms with Crippen LogP contribution in [-0.2, 0) is 13.0 Å². The number of nitrogens with two attached hydrogens (primary N) is 1. The summed E-state index contributed by atoms with van der Waals surface area (Å²) < 4.78 is 0. The number of nitrogens with one attached hydrogen (secondary N) is 1. The quantitative estimate of drug-likeness (QED) is 0.820. The number of nitrogens with zero attached hydrogens (tertiary/aromatic N) is 2. The van der Waals surface area contributed by atoms with Crippen LogP contribution in [0.4, 0.5) is 11.4 Å². The maximum absolute atomic E-state index is 9.08. The lowest BCUT2D eigenvalue weighted by Crippen LogP contribution is -2.06. The molecule has 1 aromatic carbocycles. The lowest BCUT2D eigenvalue weighted by molar-refractivity contribution is 0.971. The Hall–Kier alpha value is -2.54. The molecule has 0 aliphatic heterocycles. The van der Waals surface area contributed by atoms with Crippen molar-refractivity contribution in [2.24, 2.45) is 0 Å². The predicted octanol–water partition coefficient (Wildman–Crippen LogP) is 2.71. The second kappa shape index (κ2) is 5.87. The Balaban J connectivity index is 2.17. The molecule has 0 fully saturated rings. The van der Waals surface area contributed by atoms with Crippen molar-refractivity contribution in [3.8, 4) is 6.07 Å². The SMILES string of the molecule is CCc1cccnc1CNc1ccc(N)cc1C#N. The molecule has 0 radical (unpaired) electrons. The van der Waals surface area contributed by atoms with Crippen molar-refractivity contribution in [2.75, 3.05) is 11.1 Å². The van der Waals surface area contributed by atoms with E-state index in [0.717, 1.165) is 17.8 Å². The van der Waals surface area contributed by atoms with Crippen LogP contribution in [0.15, 0.2) is 36.5 Å². The smallest absolute Gasteiger partial charge is 0.101 e. The highest BCUT2D eigenvalue weighted by molar-refractivity contribution is 5.63. The van der Waals surface area contributed by atoms with Crippen LogP contribution in [0, 0.1) is 11.3 Å². The van der Waals surface area contributed by atoms with Crippen LogP contribution in [-0.4, -0.2) is 4.98 Å². The van der Waals surface area contributed by atoms with Gasteiger partial charge in [-0.15, -0.1) is 0 Å². The first kappa shape index (κ1) is 12.9. The van der Waals surface area contributed by atoms with Gasteiger partial charge in [-0.25, -0.2) is 0 Å². The van der Waals surface area contributed by atoms with E-state index in [2.05, 4.69) is 29.4 Å². The van der Waals surface area contributed by atoms with Gasteiger partial charge in [-0.2, -0.15) is 5.26 Å². The van der Waals surface area contributed by atoms with Gasteiger partial charge in [-0.05, 0) is 36.2 Å². The van der Waals surface area contributed by atoms with E-state index < -0.39 is 0 Å². The van der Waals surface area contributed by atoms with E-state index in [-0.39, 0.29) is 0 Å². The van der Waals surface area contributed by atoms with Gasteiger partial charge in [0, 0.05) is 11.9 Å². The Labute approximate surface area is 112 Å². The second-order valence-corrected chi connectivity index (χ2v) is 4.23. The van der Waals surface area contributed by atoms with Gasteiger partial charge in [0.25, 0.3) is 0 Å². The lowest BCUT2D eigenvalue weighted by atomic mass is 10.1. The summed E-state index contributed by atoms with van der Waals surface area (Å²) in [6.07, 6.45) is 2.72. The number of hydrogen-bond donors (Lipinski definition) is 2. The molecule has 96 valence electrons. The van der Waals surface area contributed by atoms with Gasteiger partial charge in [0.15, 0.2) is 0 Å². The molecular weight excluding hydrogens is 236 g/mol. The Kier molecular flexibility index (Phi) is 3.99. The zero-order valence-corrected chi connectivity index (χ0v) is 10.9. The zero-order chi connectivity index (χ0) is 13.7. The number of aromatic nitrogens is 1. The van der Waals surface area contributed by atoms with Crippen LogP contribution < -0.4 is 11.1 Å². The standard InChI is InChI=1S/C15H16N4/c1-2-11-4-3-7-18-15(11)10-19-14-6-5-13(17)8-12(14)9-16/h3-8,19H,2,10,17H2,1H3. The number of aryl methyl sites for hydroxylation is 1. The number of benzene rings is 1. The maximum atomic E-state index is 9.08. The third-order valence-corrected chi connectivity index (χ3v) is 2.98. The van der Waals surface area contributed by atoms with Crippen molar-refractivity contribution in [3.63, 3.8) is 0 Å². The van der Waals surface area contributed by atoms with E-state index in [4.69, 9.17) is 11.0 Å². The molecule has 0 amide bonds. The number of nitrogen functional groups attached to an aromatic ring is 1. The lowest BCUT2D eigenvalue weighted by Gasteiger charge is -2.10. The summed E-state index contributed by atoms with van der Waals surface area (Å²) in [7, 11) is 0. The Morgan fingerprint density at radius 1 is 1.37 bits per heavy atom. The Morgan fingerprint density at radius 3 is 2.95 bits per heavy atom. The summed E-state index contributed by atoms with van der Waals surface area (Å²) in [5.74, 6) is 0. The summed E-state index contributed by atoms with van der Waals surface area (Å²) in [6, 6.07) is 11.4. The molecule has 0 unspecified atom stereocenters. The van der Waals surface area contributed by atoms with E-state index in [9.17, 15) is 0 Å². The molecule has 0 atom stereocenters. The molecule has 0 saturated carbocycles. The first-order valence-electron chi connectivity index (χ1n) is 6.21.